The number of rotatable bonds is 6. The maximum Gasteiger partial charge on any atom is 0.251 e. The molecule has 0 aromatic heterocycles. The number of amides is 3. The van der Waals surface area contributed by atoms with Crippen molar-refractivity contribution in [2.24, 2.45) is 5.92 Å². The molecule has 30 heavy (non-hydrogen) atoms. The molecular formula is C23H25N3O4. The molecule has 0 saturated carbocycles. The van der Waals surface area contributed by atoms with Crippen LogP contribution in [0.3, 0.4) is 0 Å². The molecule has 0 aliphatic carbocycles. The Morgan fingerprint density at radius 1 is 1.07 bits per heavy atom. The highest BCUT2D eigenvalue weighted by Crippen LogP contribution is 2.26. The standard InChI is InChI=1S/C23H25N3O4/c27-21-13-17(15-26(21)19-5-2-1-3-6-19)23(29)25-18-10-8-16(9-11-18)22(28)24-14-20-7-4-12-30-20/h1-3,5-6,8-11,17,20H,4,7,12-15H2,(H,24,28)(H,25,29)/t17-,20-/m0/s1. The molecule has 7 heteroatoms. The minimum atomic E-state index is -0.410. The maximum atomic E-state index is 12.6. The van der Waals surface area contributed by atoms with Gasteiger partial charge in [-0.25, -0.2) is 0 Å². The Balaban J connectivity index is 1.30. The van der Waals surface area contributed by atoms with Crippen LogP contribution in [0.2, 0.25) is 0 Å². The first kappa shape index (κ1) is 20.1. The molecule has 0 radical (unpaired) electrons. The van der Waals surface area contributed by atoms with Crippen molar-refractivity contribution in [3.63, 3.8) is 0 Å². The Bertz CT molecular complexity index is 908. The molecular weight excluding hydrogens is 382 g/mol. The largest absolute Gasteiger partial charge is 0.376 e. The molecule has 2 fully saturated rings. The third-order valence-corrected chi connectivity index (χ3v) is 5.49. The van der Waals surface area contributed by atoms with Gasteiger partial charge in [-0.3, -0.25) is 14.4 Å². The van der Waals surface area contributed by atoms with Gasteiger partial charge in [-0.15, -0.1) is 0 Å². The number of carbonyl (C=O) groups excluding carboxylic acids is 3. The average molecular weight is 407 g/mol. The van der Waals surface area contributed by atoms with Crippen LogP contribution in [-0.4, -0.2) is 43.5 Å². The molecule has 2 saturated heterocycles. The van der Waals surface area contributed by atoms with E-state index in [1.807, 2.05) is 30.3 Å². The van der Waals surface area contributed by atoms with Gasteiger partial charge in [0.25, 0.3) is 5.91 Å². The SMILES string of the molecule is O=C(NC[C@@H]1CCCO1)c1ccc(NC(=O)[C@H]2CC(=O)N(c3ccccc3)C2)cc1. The Labute approximate surface area is 175 Å². The van der Waals surface area contributed by atoms with Crippen molar-refractivity contribution in [3.8, 4) is 0 Å². The first-order chi connectivity index (χ1) is 14.6. The van der Waals surface area contributed by atoms with E-state index in [0.29, 0.717) is 24.3 Å². The fraction of sp³-hybridized carbons (Fsp3) is 0.348. The van der Waals surface area contributed by atoms with E-state index in [1.54, 1.807) is 29.2 Å². The Morgan fingerprint density at radius 3 is 2.53 bits per heavy atom. The van der Waals surface area contributed by atoms with Gasteiger partial charge in [0.15, 0.2) is 0 Å². The summed E-state index contributed by atoms with van der Waals surface area (Å²) >= 11 is 0. The van der Waals surface area contributed by atoms with Crippen LogP contribution >= 0.6 is 0 Å². The molecule has 2 heterocycles. The zero-order valence-electron chi connectivity index (χ0n) is 16.7. The Morgan fingerprint density at radius 2 is 1.83 bits per heavy atom. The number of anilines is 2. The fourth-order valence-corrected chi connectivity index (χ4v) is 3.80. The topological polar surface area (TPSA) is 87.7 Å². The summed E-state index contributed by atoms with van der Waals surface area (Å²) in [5.41, 5.74) is 1.93. The molecule has 0 spiro atoms. The highest BCUT2D eigenvalue weighted by atomic mass is 16.5. The quantitative estimate of drug-likeness (QED) is 0.771. The monoisotopic (exact) mass is 407 g/mol. The summed E-state index contributed by atoms with van der Waals surface area (Å²) < 4.78 is 5.50. The molecule has 2 aromatic rings. The molecule has 0 bridgehead atoms. The van der Waals surface area contributed by atoms with Gasteiger partial charge in [0, 0.05) is 43.1 Å². The van der Waals surface area contributed by atoms with Gasteiger partial charge in [0.05, 0.1) is 12.0 Å². The summed E-state index contributed by atoms with van der Waals surface area (Å²) in [5, 5.41) is 5.73. The smallest absolute Gasteiger partial charge is 0.251 e. The third-order valence-electron chi connectivity index (χ3n) is 5.49. The van der Waals surface area contributed by atoms with Crippen molar-refractivity contribution < 1.29 is 19.1 Å². The van der Waals surface area contributed by atoms with Crippen LogP contribution < -0.4 is 15.5 Å². The molecule has 3 amide bonds. The predicted octanol–water partition coefficient (Wildman–Crippen LogP) is 2.59. The molecule has 7 nitrogen and oxygen atoms in total. The van der Waals surface area contributed by atoms with E-state index in [4.69, 9.17) is 4.74 Å². The van der Waals surface area contributed by atoms with Crippen LogP contribution in [-0.2, 0) is 14.3 Å². The van der Waals surface area contributed by atoms with E-state index in [0.717, 1.165) is 25.1 Å². The Kier molecular flexibility index (Phi) is 6.09. The first-order valence-electron chi connectivity index (χ1n) is 10.3. The second kappa shape index (κ2) is 9.09. The van der Waals surface area contributed by atoms with Crippen molar-refractivity contribution in [1.29, 1.82) is 0 Å². The molecule has 2 atom stereocenters. The van der Waals surface area contributed by atoms with Gasteiger partial charge >= 0.3 is 0 Å². The van der Waals surface area contributed by atoms with E-state index in [1.165, 1.54) is 0 Å². The summed E-state index contributed by atoms with van der Waals surface area (Å²) in [7, 11) is 0. The first-order valence-corrected chi connectivity index (χ1v) is 10.3. The molecule has 2 aliphatic rings. The summed E-state index contributed by atoms with van der Waals surface area (Å²) in [5.74, 6) is -0.827. The molecule has 2 aliphatic heterocycles. The highest BCUT2D eigenvalue weighted by Gasteiger charge is 2.35. The zero-order chi connectivity index (χ0) is 20.9. The molecule has 2 aromatic carbocycles. The second-order valence-corrected chi connectivity index (χ2v) is 7.65. The van der Waals surface area contributed by atoms with E-state index in [2.05, 4.69) is 10.6 Å². The summed E-state index contributed by atoms with van der Waals surface area (Å²) in [4.78, 5) is 38.8. The van der Waals surface area contributed by atoms with E-state index >= 15 is 0 Å². The van der Waals surface area contributed by atoms with Crippen LogP contribution in [0.4, 0.5) is 11.4 Å². The number of ether oxygens (including phenoxy) is 1. The zero-order valence-corrected chi connectivity index (χ0v) is 16.7. The van der Waals surface area contributed by atoms with Crippen LogP contribution in [0.25, 0.3) is 0 Å². The summed E-state index contributed by atoms with van der Waals surface area (Å²) in [6, 6.07) is 16.1. The Hall–Kier alpha value is -3.19. The van der Waals surface area contributed by atoms with Crippen molar-refractivity contribution in [1.82, 2.24) is 5.32 Å². The fourth-order valence-electron chi connectivity index (χ4n) is 3.80. The number of nitrogens with one attached hydrogen (secondary N) is 2. The average Bonchev–Trinajstić information content (AvgIpc) is 3.43. The van der Waals surface area contributed by atoms with Crippen molar-refractivity contribution >= 4 is 29.1 Å². The molecule has 4 rings (SSSR count). The van der Waals surface area contributed by atoms with Crippen LogP contribution in [0.15, 0.2) is 54.6 Å². The van der Waals surface area contributed by atoms with Crippen molar-refractivity contribution in [3.05, 3.63) is 60.2 Å². The summed E-state index contributed by atoms with van der Waals surface area (Å²) in [6.45, 7) is 1.62. The lowest BCUT2D eigenvalue weighted by atomic mass is 10.1. The van der Waals surface area contributed by atoms with Crippen LogP contribution in [0.5, 0.6) is 0 Å². The van der Waals surface area contributed by atoms with Gasteiger partial charge in [-0.2, -0.15) is 0 Å². The van der Waals surface area contributed by atoms with Crippen molar-refractivity contribution in [2.75, 3.05) is 29.9 Å². The normalized spacial score (nSPS) is 20.9. The second-order valence-electron chi connectivity index (χ2n) is 7.65. The van der Waals surface area contributed by atoms with Crippen molar-refractivity contribution in [2.45, 2.75) is 25.4 Å². The van der Waals surface area contributed by atoms with Gasteiger partial charge in [-0.05, 0) is 49.2 Å². The molecule has 0 unspecified atom stereocenters. The van der Waals surface area contributed by atoms with E-state index in [9.17, 15) is 14.4 Å². The minimum absolute atomic E-state index is 0.0559. The molecule has 2 N–H and O–H groups in total. The number of hydrogen-bond donors (Lipinski definition) is 2. The number of hydrogen-bond acceptors (Lipinski definition) is 4. The molecule has 156 valence electrons. The van der Waals surface area contributed by atoms with Gasteiger partial charge in [0.2, 0.25) is 11.8 Å². The van der Waals surface area contributed by atoms with E-state index < -0.39 is 5.92 Å². The highest BCUT2D eigenvalue weighted by molar-refractivity contribution is 6.03. The lowest BCUT2D eigenvalue weighted by Crippen LogP contribution is -2.31. The van der Waals surface area contributed by atoms with Gasteiger partial charge < -0.3 is 20.3 Å². The number of nitrogens with zero attached hydrogens (tertiary/aromatic N) is 1. The number of para-hydroxylation sites is 1. The maximum absolute atomic E-state index is 12.6. The van der Waals surface area contributed by atoms with Gasteiger partial charge in [0.1, 0.15) is 0 Å². The number of carbonyl (C=O) groups is 3. The minimum Gasteiger partial charge on any atom is -0.376 e. The number of benzene rings is 2. The lowest BCUT2D eigenvalue weighted by Gasteiger charge is -2.16. The van der Waals surface area contributed by atoms with E-state index in [-0.39, 0.29) is 30.2 Å². The predicted molar refractivity (Wildman–Crippen MR) is 113 cm³/mol. The van der Waals surface area contributed by atoms with Gasteiger partial charge in [-0.1, -0.05) is 18.2 Å². The van der Waals surface area contributed by atoms with Crippen LogP contribution in [0, 0.1) is 5.92 Å². The van der Waals surface area contributed by atoms with Crippen LogP contribution in [0.1, 0.15) is 29.6 Å². The third kappa shape index (κ3) is 4.68. The lowest BCUT2D eigenvalue weighted by molar-refractivity contribution is -0.122. The summed E-state index contributed by atoms with van der Waals surface area (Å²) in [6.07, 6.45) is 2.28.